The van der Waals surface area contributed by atoms with Crippen molar-refractivity contribution < 1.29 is 8.78 Å². The first-order valence-corrected chi connectivity index (χ1v) is 5.71. The van der Waals surface area contributed by atoms with Crippen molar-refractivity contribution in [3.63, 3.8) is 0 Å². The molecule has 2 rings (SSSR count). The standard InChI is InChI=1S/C11H6BrF2N5/c12-8-5(1-4(13)2-7(8)14)9-6(3-15)10(16)19-11(17)18-9/h1-2H,(H4,16,17,18,19). The third-order valence-corrected chi connectivity index (χ3v) is 3.12. The third kappa shape index (κ3) is 2.32. The van der Waals surface area contributed by atoms with Crippen LogP contribution in [0.4, 0.5) is 20.5 Å². The zero-order valence-electron chi connectivity index (χ0n) is 9.28. The summed E-state index contributed by atoms with van der Waals surface area (Å²) in [4.78, 5) is 7.44. The molecule has 0 saturated heterocycles. The molecule has 2 aromatic rings. The van der Waals surface area contributed by atoms with Crippen LogP contribution < -0.4 is 11.5 Å². The Morgan fingerprint density at radius 2 is 1.89 bits per heavy atom. The van der Waals surface area contributed by atoms with E-state index in [1.165, 1.54) is 0 Å². The maximum atomic E-state index is 13.5. The Balaban J connectivity index is 2.83. The molecule has 0 spiro atoms. The molecule has 0 bridgehead atoms. The minimum Gasteiger partial charge on any atom is -0.382 e. The summed E-state index contributed by atoms with van der Waals surface area (Å²) >= 11 is 2.97. The molecule has 19 heavy (non-hydrogen) atoms. The van der Waals surface area contributed by atoms with E-state index in [0.29, 0.717) is 6.07 Å². The Kier molecular flexibility index (Phi) is 3.31. The number of nitrogen functional groups attached to an aromatic ring is 2. The van der Waals surface area contributed by atoms with Crippen molar-refractivity contribution >= 4 is 27.7 Å². The number of aromatic nitrogens is 2. The molecule has 8 heteroatoms. The van der Waals surface area contributed by atoms with Gasteiger partial charge in [-0.15, -0.1) is 0 Å². The van der Waals surface area contributed by atoms with E-state index in [1.807, 2.05) is 0 Å². The van der Waals surface area contributed by atoms with Gasteiger partial charge in [-0.05, 0) is 22.0 Å². The number of nitrogens with zero attached hydrogens (tertiary/aromatic N) is 3. The maximum Gasteiger partial charge on any atom is 0.222 e. The van der Waals surface area contributed by atoms with E-state index >= 15 is 0 Å². The van der Waals surface area contributed by atoms with Gasteiger partial charge in [-0.3, -0.25) is 0 Å². The van der Waals surface area contributed by atoms with Crippen LogP contribution in [-0.2, 0) is 0 Å². The molecule has 1 aromatic carbocycles. The van der Waals surface area contributed by atoms with Gasteiger partial charge in [0.15, 0.2) is 0 Å². The number of anilines is 2. The van der Waals surface area contributed by atoms with Crippen molar-refractivity contribution in [1.82, 2.24) is 9.97 Å². The van der Waals surface area contributed by atoms with Crippen molar-refractivity contribution in [1.29, 1.82) is 5.26 Å². The van der Waals surface area contributed by atoms with E-state index in [4.69, 9.17) is 16.7 Å². The second kappa shape index (κ2) is 4.78. The van der Waals surface area contributed by atoms with Crippen LogP contribution >= 0.6 is 15.9 Å². The van der Waals surface area contributed by atoms with E-state index in [1.54, 1.807) is 6.07 Å². The summed E-state index contributed by atoms with van der Waals surface area (Å²) in [6.07, 6.45) is 0. The lowest BCUT2D eigenvalue weighted by molar-refractivity contribution is 0.580. The molecule has 0 aliphatic carbocycles. The second-order valence-electron chi connectivity index (χ2n) is 3.55. The molecular formula is C11H6BrF2N5. The summed E-state index contributed by atoms with van der Waals surface area (Å²) < 4.78 is 26.7. The van der Waals surface area contributed by atoms with Crippen LogP contribution in [0.1, 0.15) is 5.56 Å². The molecule has 4 N–H and O–H groups in total. The topological polar surface area (TPSA) is 102 Å². The van der Waals surface area contributed by atoms with Gasteiger partial charge in [0.1, 0.15) is 29.1 Å². The molecule has 0 amide bonds. The van der Waals surface area contributed by atoms with Crippen molar-refractivity contribution in [2.24, 2.45) is 0 Å². The first kappa shape index (κ1) is 13.2. The van der Waals surface area contributed by atoms with E-state index in [9.17, 15) is 8.78 Å². The van der Waals surface area contributed by atoms with Gasteiger partial charge in [-0.25, -0.2) is 13.8 Å². The maximum absolute atomic E-state index is 13.5. The van der Waals surface area contributed by atoms with Crippen molar-refractivity contribution in [3.8, 4) is 17.3 Å². The Bertz CT molecular complexity index is 711. The smallest absolute Gasteiger partial charge is 0.222 e. The molecule has 0 atom stereocenters. The predicted molar refractivity (Wildman–Crippen MR) is 68.6 cm³/mol. The molecular weight excluding hydrogens is 320 g/mol. The van der Waals surface area contributed by atoms with Gasteiger partial charge in [-0.1, -0.05) is 0 Å². The number of hydrogen-bond acceptors (Lipinski definition) is 5. The van der Waals surface area contributed by atoms with Gasteiger partial charge in [0.25, 0.3) is 0 Å². The summed E-state index contributed by atoms with van der Waals surface area (Å²) in [6, 6.07) is 3.51. The summed E-state index contributed by atoms with van der Waals surface area (Å²) in [5.41, 5.74) is 10.9. The van der Waals surface area contributed by atoms with Crippen LogP contribution in [0.25, 0.3) is 11.3 Å². The lowest BCUT2D eigenvalue weighted by Gasteiger charge is -2.09. The minimum atomic E-state index is -0.824. The zero-order valence-corrected chi connectivity index (χ0v) is 10.9. The van der Waals surface area contributed by atoms with Crippen LogP contribution in [0.2, 0.25) is 0 Å². The lowest BCUT2D eigenvalue weighted by atomic mass is 10.1. The van der Waals surface area contributed by atoms with Gasteiger partial charge < -0.3 is 11.5 Å². The van der Waals surface area contributed by atoms with Gasteiger partial charge in [0, 0.05) is 11.6 Å². The molecule has 0 aliphatic rings. The molecule has 0 fully saturated rings. The lowest BCUT2D eigenvalue weighted by Crippen LogP contribution is -2.05. The van der Waals surface area contributed by atoms with Crippen LogP contribution in [-0.4, -0.2) is 9.97 Å². The number of halogens is 3. The van der Waals surface area contributed by atoms with E-state index in [-0.39, 0.29) is 33.1 Å². The third-order valence-electron chi connectivity index (χ3n) is 2.31. The van der Waals surface area contributed by atoms with E-state index in [0.717, 1.165) is 6.07 Å². The average Bonchev–Trinajstić information content (AvgIpc) is 2.33. The van der Waals surface area contributed by atoms with Crippen molar-refractivity contribution in [2.75, 3.05) is 11.5 Å². The Morgan fingerprint density at radius 3 is 2.53 bits per heavy atom. The SMILES string of the molecule is N#Cc1c(N)nc(N)nc1-c1cc(F)cc(F)c1Br. The molecule has 0 unspecified atom stereocenters. The number of nitrogens with two attached hydrogens (primary N) is 2. The number of nitriles is 1. The highest BCUT2D eigenvalue weighted by molar-refractivity contribution is 9.10. The summed E-state index contributed by atoms with van der Waals surface area (Å²) in [5.74, 6) is -1.98. The molecule has 0 radical (unpaired) electrons. The van der Waals surface area contributed by atoms with Crippen LogP contribution in [0, 0.1) is 23.0 Å². The fourth-order valence-electron chi connectivity index (χ4n) is 1.53. The van der Waals surface area contributed by atoms with Crippen LogP contribution in [0.3, 0.4) is 0 Å². The molecule has 0 saturated carbocycles. The van der Waals surface area contributed by atoms with Gasteiger partial charge in [0.2, 0.25) is 5.95 Å². The molecule has 1 aromatic heterocycles. The summed E-state index contributed by atoms with van der Waals surface area (Å²) in [5, 5.41) is 9.03. The van der Waals surface area contributed by atoms with E-state index in [2.05, 4.69) is 25.9 Å². The highest BCUT2D eigenvalue weighted by atomic mass is 79.9. The first-order chi connectivity index (χ1) is 8.93. The van der Waals surface area contributed by atoms with Gasteiger partial charge >= 0.3 is 0 Å². The summed E-state index contributed by atoms with van der Waals surface area (Å²) in [6.45, 7) is 0. The van der Waals surface area contributed by atoms with Gasteiger partial charge in [0.05, 0.1) is 10.2 Å². The van der Waals surface area contributed by atoms with Crippen molar-refractivity contribution in [3.05, 3.63) is 33.8 Å². The number of hydrogen-bond donors (Lipinski definition) is 2. The largest absolute Gasteiger partial charge is 0.382 e. The Morgan fingerprint density at radius 1 is 1.21 bits per heavy atom. The highest BCUT2D eigenvalue weighted by Gasteiger charge is 2.18. The Hall–Kier alpha value is -2.27. The number of rotatable bonds is 1. The quantitative estimate of drug-likeness (QED) is 0.783. The van der Waals surface area contributed by atoms with E-state index < -0.39 is 11.6 Å². The average molecular weight is 326 g/mol. The summed E-state index contributed by atoms with van der Waals surface area (Å²) in [7, 11) is 0. The zero-order chi connectivity index (χ0) is 14.2. The highest BCUT2D eigenvalue weighted by Crippen LogP contribution is 2.33. The minimum absolute atomic E-state index is 0.0298. The van der Waals surface area contributed by atoms with Crippen molar-refractivity contribution in [2.45, 2.75) is 0 Å². The fourth-order valence-corrected chi connectivity index (χ4v) is 1.95. The molecule has 1 heterocycles. The number of benzene rings is 1. The molecule has 5 nitrogen and oxygen atoms in total. The van der Waals surface area contributed by atoms with Crippen LogP contribution in [0.5, 0.6) is 0 Å². The predicted octanol–water partition coefficient (Wildman–Crippen LogP) is 2.22. The van der Waals surface area contributed by atoms with Crippen LogP contribution in [0.15, 0.2) is 16.6 Å². The molecule has 96 valence electrons. The molecule has 0 aliphatic heterocycles. The fraction of sp³-hybridized carbons (Fsp3) is 0. The Labute approximate surface area is 115 Å². The first-order valence-electron chi connectivity index (χ1n) is 4.92. The monoisotopic (exact) mass is 325 g/mol. The van der Waals surface area contributed by atoms with Gasteiger partial charge in [-0.2, -0.15) is 10.2 Å². The second-order valence-corrected chi connectivity index (χ2v) is 4.34. The normalized spacial score (nSPS) is 10.2.